The Hall–Kier alpha value is -2.27. The third-order valence-corrected chi connectivity index (χ3v) is 14.3. The van der Waals surface area contributed by atoms with E-state index in [0.717, 1.165) is 43.0 Å². The normalized spacial score (nSPS) is 11.1. The summed E-state index contributed by atoms with van der Waals surface area (Å²) in [6.45, 7) is 6.80. The molecule has 0 heterocycles. The Labute approximate surface area is 207 Å². The molecular formula is C30H38O2P2+2. The zero-order valence-corrected chi connectivity index (χ0v) is 22.6. The standard InChI is InChI=1S/C30H38O2P2/c1-4-7-24-33(25-8-5-2)30(29(31)32-6-3)34(26-18-12-9-13-19-26,27-20-14-10-15-21-27)28-22-16-11-17-23-28/h9-23H,4-8,24-25H2,1-3H3/q+2. The number of hydrogen-bond donors (Lipinski definition) is 0. The highest BCUT2D eigenvalue weighted by molar-refractivity contribution is 8.16. The van der Waals surface area contributed by atoms with Crippen LogP contribution in [-0.4, -0.2) is 29.9 Å². The Bertz CT molecular complexity index is 940. The zero-order valence-electron chi connectivity index (χ0n) is 20.8. The fraction of sp³-hybridized carbons (Fsp3) is 0.333. The summed E-state index contributed by atoms with van der Waals surface area (Å²) in [6.07, 6.45) is 6.69. The van der Waals surface area contributed by atoms with Crippen LogP contribution in [0.1, 0.15) is 46.5 Å². The molecular weight excluding hydrogens is 454 g/mol. The van der Waals surface area contributed by atoms with Crippen molar-refractivity contribution in [1.82, 2.24) is 0 Å². The van der Waals surface area contributed by atoms with Gasteiger partial charge in [-0.05, 0) is 56.2 Å². The number of hydrogen-bond acceptors (Lipinski definition) is 2. The van der Waals surface area contributed by atoms with Crippen molar-refractivity contribution in [3.63, 3.8) is 0 Å². The van der Waals surface area contributed by atoms with Crippen LogP contribution in [0.15, 0.2) is 91.0 Å². The van der Waals surface area contributed by atoms with E-state index < -0.39 is 14.8 Å². The molecule has 3 aromatic carbocycles. The van der Waals surface area contributed by atoms with Gasteiger partial charge in [-0.15, -0.1) is 0 Å². The predicted molar refractivity (Wildman–Crippen MR) is 153 cm³/mol. The molecule has 0 saturated carbocycles. The van der Waals surface area contributed by atoms with Crippen LogP contribution in [0.25, 0.3) is 0 Å². The van der Waals surface area contributed by atoms with Crippen LogP contribution in [-0.2, 0) is 9.53 Å². The maximum atomic E-state index is 14.1. The van der Waals surface area contributed by atoms with E-state index in [9.17, 15) is 4.79 Å². The van der Waals surface area contributed by atoms with Crippen molar-refractivity contribution in [2.24, 2.45) is 0 Å². The quantitative estimate of drug-likeness (QED) is 0.206. The first-order valence-corrected chi connectivity index (χ1v) is 16.1. The molecule has 0 aromatic heterocycles. The van der Waals surface area contributed by atoms with Gasteiger partial charge in [0.15, 0.2) is 7.26 Å². The summed E-state index contributed by atoms with van der Waals surface area (Å²) in [5.41, 5.74) is 0. The van der Waals surface area contributed by atoms with E-state index in [1.807, 2.05) is 6.92 Å². The van der Waals surface area contributed by atoms with Gasteiger partial charge in [0.1, 0.15) is 35.8 Å². The van der Waals surface area contributed by atoms with Crippen LogP contribution in [0.5, 0.6) is 0 Å². The number of benzene rings is 3. The van der Waals surface area contributed by atoms with Crippen LogP contribution in [0.4, 0.5) is 0 Å². The molecule has 0 fully saturated rings. The summed E-state index contributed by atoms with van der Waals surface area (Å²) in [7, 11) is -3.07. The molecule has 3 aromatic rings. The van der Waals surface area contributed by atoms with E-state index in [4.69, 9.17) is 4.74 Å². The number of carbonyl (C=O) groups is 1. The smallest absolute Gasteiger partial charge is 0.419 e. The second kappa shape index (κ2) is 13.6. The number of ether oxygens (including phenoxy) is 1. The van der Waals surface area contributed by atoms with Gasteiger partial charge in [-0.1, -0.05) is 81.3 Å². The van der Waals surface area contributed by atoms with Crippen molar-refractivity contribution in [3.8, 4) is 0 Å². The molecule has 34 heavy (non-hydrogen) atoms. The summed E-state index contributed by atoms with van der Waals surface area (Å²) >= 11 is 0. The molecule has 4 heteroatoms. The van der Waals surface area contributed by atoms with Gasteiger partial charge in [-0.25, -0.2) is 4.79 Å². The van der Waals surface area contributed by atoms with E-state index in [-0.39, 0.29) is 5.97 Å². The Kier molecular flexibility index (Phi) is 10.5. The van der Waals surface area contributed by atoms with Crippen LogP contribution in [0, 0.1) is 0 Å². The summed E-state index contributed by atoms with van der Waals surface area (Å²) in [5.74, 6) is -0.0919. The molecule has 0 aliphatic heterocycles. The maximum Gasteiger partial charge on any atom is 0.419 e. The number of unbranched alkanes of at least 4 members (excludes halogenated alkanes) is 2. The molecule has 0 amide bonds. The predicted octanol–water partition coefficient (Wildman–Crippen LogP) is 6.76. The molecule has 178 valence electrons. The summed E-state index contributed by atoms with van der Waals surface area (Å²) in [6, 6.07) is 32.2. The molecule has 2 nitrogen and oxygen atoms in total. The molecule has 0 saturated heterocycles. The molecule has 0 bridgehead atoms. The largest absolute Gasteiger partial charge is 0.457 e. The first-order chi connectivity index (χ1) is 16.7. The van der Waals surface area contributed by atoms with Gasteiger partial charge in [-0.3, -0.25) is 0 Å². The highest BCUT2D eigenvalue weighted by atomic mass is 31.2. The van der Waals surface area contributed by atoms with E-state index in [0.29, 0.717) is 6.61 Å². The van der Waals surface area contributed by atoms with Gasteiger partial charge in [0.2, 0.25) is 0 Å². The van der Waals surface area contributed by atoms with E-state index in [1.165, 1.54) is 15.9 Å². The molecule has 0 N–H and O–H groups in total. The lowest BCUT2D eigenvalue weighted by molar-refractivity contribution is -0.134. The average Bonchev–Trinajstić information content (AvgIpc) is 2.89. The summed E-state index contributed by atoms with van der Waals surface area (Å²) in [4.78, 5) is 14.1. The number of rotatable bonds is 12. The molecule has 0 unspecified atom stereocenters. The summed E-state index contributed by atoms with van der Waals surface area (Å²) < 4.78 is 5.88. The minimum atomic E-state index is -2.41. The second-order valence-corrected chi connectivity index (χ2v) is 14.5. The number of carbonyl (C=O) groups excluding carboxylic acids is 1. The van der Waals surface area contributed by atoms with Crippen LogP contribution in [0.2, 0.25) is 0 Å². The minimum absolute atomic E-state index is 0.0919. The third-order valence-electron chi connectivity index (χ3n) is 6.07. The Morgan fingerprint density at radius 2 is 1.06 bits per heavy atom. The van der Waals surface area contributed by atoms with E-state index in [1.54, 1.807) is 0 Å². The van der Waals surface area contributed by atoms with Crippen molar-refractivity contribution in [2.75, 3.05) is 18.9 Å². The van der Waals surface area contributed by atoms with E-state index >= 15 is 0 Å². The van der Waals surface area contributed by atoms with Gasteiger partial charge in [0, 0.05) is 0 Å². The minimum Gasteiger partial charge on any atom is -0.457 e. The lowest BCUT2D eigenvalue weighted by atomic mass is 10.4. The molecule has 0 aliphatic rings. The molecule has 0 radical (unpaired) electrons. The first-order valence-electron chi connectivity index (χ1n) is 12.6. The van der Waals surface area contributed by atoms with Crippen molar-refractivity contribution in [2.45, 2.75) is 46.5 Å². The van der Waals surface area contributed by atoms with Gasteiger partial charge >= 0.3 is 11.0 Å². The molecule has 0 aliphatic carbocycles. The average molecular weight is 493 g/mol. The second-order valence-electron chi connectivity index (χ2n) is 8.42. The van der Waals surface area contributed by atoms with Gasteiger partial charge in [-0.2, -0.15) is 0 Å². The van der Waals surface area contributed by atoms with Crippen LogP contribution >= 0.6 is 14.8 Å². The molecule has 0 spiro atoms. The fourth-order valence-electron chi connectivity index (χ4n) is 4.46. The van der Waals surface area contributed by atoms with Gasteiger partial charge < -0.3 is 4.74 Å². The topological polar surface area (TPSA) is 26.3 Å². The lowest BCUT2D eigenvalue weighted by Crippen LogP contribution is -2.40. The highest BCUT2D eigenvalue weighted by Gasteiger charge is 2.59. The molecule has 3 rings (SSSR count). The fourth-order valence-corrected chi connectivity index (χ4v) is 14.0. The zero-order chi connectivity index (χ0) is 24.2. The Balaban J connectivity index is 2.50. The maximum absolute atomic E-state index is 14.1. The van der Waals surface area contributed by atoms with Crippen molar-refractivity contribution >= 4 is 41.7 Å². The van der Waals surface area contributed by atoms with E-state index in [2.05, 4.69) is 105 Å². The lowest BCUT2D eigenvalue weighted by Gasteiger charge is -2.26. The third kappa shape index (κ3) is 5.86. The Morgan fingerprint density at radius 1 is 0.676 bits per heavy atom. The van der Waals surface area contributed by atoms with Crippen molar-refractivity contribution < 1.29 is 9.53 Å². The first kappa shape index (κ1) is 26.3. The van der Waals surface area contributed by atoms with Gasteiger partial charge in [0.25, 0.3) is 0 Å². The SMILES string of the molecule is CCCC[P+](CCCC)=C(C(=O)OCC)[P+](c1ccccc1)(c1ccccc1)c1ccccc1. The monoisotopic (exact) mass is 492 g/mol. The summed E-state index contributed by atoms with van der Waals surface area (Å²) in [5, 5.41) is 4.75. The van der Waals surface area contributed by atoms with Crippen molar-refractivity contribution in [1.29, 1.82) is 0 Å². The van der Waals surface area contributed by atoms with Crippen molar-refractivity contribution in [3.05, 3.63) is 91.0 Å². The molecule has 0 atom stereocenters. The highest BCUT2D eigenvalue weighted by Crippen LogP contribution is 2.61. The number of esters is 1. The van der Waals surface area contributed by atoms with Crippen LogP contribution in [0.3, 0.4) is 0 Å². The van der Waals surface area contributed by atoms with Crippen LogP contribution < -0.4 is 15.9 Å². The Morgan fingerprint density at radius 3 is 1.38 bits per heavy atom. The van der Waals surface area contributed by atoms with Gasteiger partial charge in [0.05, 0.1) is 6.61 Å².